The van der Waals surface area contributed by atoms with Gasteiger partial charge in [-0.05, 0) is 37.0 Å². The number of aromatic amines is 1. The number of nitrogens with one attached hydrogen (secondary N) is 3. The number of carbonyl (C=O) groups excluding carboxylic acids is 1. The number of amides is 1. The molecule has 7 heteroatoms. The van der Waals surface area contributed by atoms with Crippen LogP contribution in [0.2, 0.25) is 0 Å². The van der Waals surface area contributed by atoms with Crippen molar-refractivity contribution in [2.24, 2.45) is 0 Å². The Labute approximate surface area is 180 Å². The van der Waals surface area contributed by atoms with E-state index in [0.717, 1.165) is 47.3 Å². The normalized spacial score (nSPS) is 13.3. The lowest BCUT2D eigenvalue weighted by Crippen LogP contribution is -2.45. The highest BCUT2D eigenvalue weighted by Crippen LogP contribution is 2.31. The lowest BCUT2D eigenvalue weighted by atomic mass is 10.0. The van der Waals surface area contributed by atoms with Crippen LogP contribution >= 0.6 is 11.3 Å². The van der Waals surface area contributed by atoms with Crippen LogP contribution in [0.25, 0.3) is 10.2 Å². The molecule has 3 aromatic rings. The quantitative estimate of drug-likeness (QED) is 0.395. The third kappa shape index (κ3) is 5.49. The summed E-state index contributed by atoms with van der Waals surface area (Å²) < 4.78 is 0.721. The Morgan fingerprint density at radius 2 is 1.97 bits per heavy atom. The van der Waals surface area contributed by atoms with Crippen molar-refractivity contribution >= 4 is 27.5 Å². The SMILES string of the molecule is CCCCC(NC(C)c1ccc(O)c2[nH]c(=O)sc12)C(=O)NCCc1ccccc1. The van der Waals surface area contributed by atoms with E-state index in [0.29, 0.717) is 12.1 Å². The lowest BCUT2D eigenvalue weighted by Gasteiger charge is -2.23. The molecule has 6 nitrogen and oxygen atoms in total. The molecule has 1 heterocycles. The predicted octanol–water partition coefficient (Wildman–Crippen LogP) is 3.86. The molecule has 160 valence electrons. The highest BCUT2D eigenvalue weighted by atomic mass is 32.1. The molecule has 30 heavy (non-hydrogen) atoms. The Morgan fingerprint density at radius 3 is 2.70 bits per heavy atom. The topological polar surface area (TPSA) is 94.2 Å². The summed E-state index contributed by atoms with van der Waals surface area (Å²) in [6, 6.07) is 13.0. The van der Waals surface area contributed by atoms with Crippen molar-refractivity contribution in [1.82, 2.24) is 15.6 Å². The molecular formula is C23H29N3O3S. The van der Waals surface area contributed by atoms with Crippen molar-refractivity contribution in [3.05, 3.63) is 63.3 Å². The second-order valence-corrected chi connectivity index (χ2v) is 8.49. The van der Waals surface area contributed by atoms with Gasteiger partial charge in [0.15, 0.2) is 0 Å². The van der Waals surface area contributed by atoms with Gasteiger partial charge in [0.25, 0.3) is 0 Å². The van der Waals surface area contributed by atoms with Gasteiger partial charge in [0.2, 0.25) is 5.91 Å². The van der Waals surface area contributed by atoms with Crippen LogP contribution in [0, 0.1) is 0 Å². The molecule has 1 amide bonds. The Kier molecular flexibility index (Phi) is 7.65. The zero-order valence-electron chi connectivity index (χ0n) is 17.4. The number of carbonyl (C=O) groups is 1. The molecule has 0 aliphatic rings. The molecule has 2 unspecified atom stereocenters. The molecule has 2 atom stereocenters. The second kappa shape index (κ2) is 10.4. The maximum Gasteiger partial charge on any atom is 0.305 e. The summed E-state index contributed by atoms with van der Waals surface area (Å²) in [7, 11) is 0. The Morgan fingerprint density at radius 1 is 1.20 bits per heavy atom. The molecule has 0 aliphatic heterocycles. The third-order valence-corrected chi connectivity index (χ3v) is 6.16. The fourth-order valence-electron chi connectivity index (χ4n) is 3.57. The number of thiazole rings is 1. The first-order valence-corrected chi connectivity index (χ1v) is 11.2. The van der Waals surface area contributed by atoms with Gasteiger partial charge >= 0.3 is 4.87 Å². The Balaban J connectivity index is 1.68. The van der Waals surface area contributed by atoms with Crippen molar-refractivity contribution < 1.29 is 9.90 Å². The van der Waals surface area contributed by atoms with Crippen LogP contribution in [0.15, 0.2) is 47.3 Å². The van der Waals surface area contributed by atoms with Gasteiger partial charge in [0.05, 0.1) is 10.7 Å². The van der Waals surface area contributed by atoms with Crippen LogP contribution in [0.3, 0.4) is 0 Å². The van der Waals surface area contributed by atoms with Gasteiger partial charge < -0.3 is 15.4 Å². The molecule has 0 fully saturated rings. The number of aromatic nitrogens is 1. The molecule has 2 aromatic carbocycles. The minimum atomic E-state index is -0.324. The van der Waals surface area contributed by atoms with Crippen molar-refractivity contribution in [2.75, 3.05) is 6.54 Å². The van der Waals surface area contributed by atoms with E-state index in [1.54, 1.807) is 6.07 Å². The highest BCUT2D eigenvalue weighted by Gasteiger charge is 2.22. The third-order valence-electron chi connectivity index (χ3n) is 5.22. The smallest absolute Gasteiger partial charge is 0.305 e. The van der Waals surface area contributed by atoms with E-state index in [1.165, 1.54) is 5.56 Å². The van der Waals surface area contributed by atoms with E-state index in [2.05, 4.69) is 34.7 Å². The van der Waals surface area contributed by atoms with Crippen molar-refractivity contribution in [2.45, 2.75) is 51.6 Å². The molecule has 0 bridgehead atoms. The van der Waals surface area contributed by atoms with E-state index < -0.39 is 0 Å². The molecule has 0 saturated carbocycles. The summed E-state index contributed by atoms with van der Waals surface area (Å²) in [6.45, 7) is 4.67. The molecule has 0 aliphatic carbocycles. The Hall–Kier alpha value is -2.64. The van der Waals surface area contributed by atoms with Gasteiger partial charge in [0, 0.05) is 12.6 Å². The number of aromatic hydroxyl groups is 1. The van der Waals surface area contributed by atoms with Crippen molar-refractivity contribution in [1.29, 1.82) is 0 Å². The number of H-pyrrole nitrogens is 1. The van der Waals surface area contributed by atoms with E-state index in [1.807, 2.05) is 31.2 Å². The number of hydrogen-bond acceptors (Lipinski definition) is 5. The zero-order chi connectivity index (χ0) is 21.5. The van der Waals surface area contributed by atoms with Crippen LogP contribution in [0.1, 0.15) is 50.3 Å². The number of phenols is 1. The van der Waals surface area contributed by atoms with Crippen LogP contribution in [-0.2, 0) is 11.2 Å². The van der Waals surface area contributed by atoms with E-state index in [4.69, 9.17) is 0 Å². The first-order valence-electron chi connectivity index (χ1n) is 10.4. The minimum Gasteiger partial charge on any atom is -0.506 e. The number of unbranched alkanes of at least 4 members (excludes halogenated alkanes) is 1. The summed E-state index contributed by atoms with van der Waals surface area (Å²) in [5, 5.41) is 16.5. The fourth-order valence-corrected chi connectivity index (χ4v) is 4.53. The Bertz CT molecular complexity index is 1030. The predicted molar refractivity (Wildman–Crippen MR) is 122 cm³/mol. The summed E-state index contributed by atoms with van der Waals surface area (Å²) in [4.78, 5) is 27.1. The molecule has 4 N–H and O–H groups in total. The molecule has 0 saturated heterocycles. The average Bonchev–Trinajstić information content (AvgIpc) is 3.14. The monoisotopic (exact) mass is 427 g/mol. The average molecular weight is 428 g/mol. The van der Waals surface area contributed by atoms with Gasteiger partial charge in [-0.25, -0.2) is 0 Å². The van der Waals surface area contributed by atoms with Crippen molar-refractivity contribution in [3.8, 4) is 5.75 Å². The number of phenolic OH excluding ortho intramolecular Hbond substituents is 1. The van der Waals surface area contributed by atoms with Crippen molar-refractivity contribution in [3.63, 3.8) is 0 Å². The highest BCUT2D eigenvalue weighted by molar-refractivity contribution is 7.16. The lowest BCUT2D eigenvalue weighted by molar-refractivity contribution is -0.123. The first-order chi connectivity index (χ1) is 14.5. The molecule has 0 radical (unpaired) electrons. The van der Waals surface area contributed by atoms with Gasteiger partial charge in [-0.2, -0.15) is 0 Å². The van der Waals surface area contributed by atoms with Crippen LogP contribution in [-0.4, -0.2) is 28.6 Å². The van der Waals surface area contributed by atoms with Gasteiger partial charge in [-0.15, -0.1) is 0 Å². The molecular weight excluding hydrogens is 398 g/mol. The number of hydrogen-bond donors (Lipinski definition) is 4. The largest absolute Gasteiger partial charge is 0.506 e. The molecule has 1 aromatic heterocycles. The standard InChI is InChI=1S/C23H29N3O3S/c1-3-4-10-18(22(28)24-14-13-16-8-6-5-7-9-16)25-15(2)17-11-12-19(27)20-21(17)30-23(29)26-20/h5-9,11-12,15,18,25,27H,3-4,10,13-14H2,1-2H3,(H,24,28)(H,26,29). The molecule has 3 rings (SSSR count). The van der Waals surface area contributed by atoms with Gasteiger partial charge in [-0.1, -0.05) is 67.5 Å². The van der Waals surface area contributed by atoms with E-state index in [-0.39, 0.29) is 28.6 Å². The van der Waals surface area contributed by atoms with Crippen LogP contribution in [0.4, 0.5) is 0 Å². The first kappa shape index (κ1) is 22.1. The fraction of sp³-hybridized carbons (Fsp3) is 0.391. The minimum absolute atomic E-state index is 0.0106. The summed E-state index contributed by atoms with van der Waals surface area (Å²) >= 11 is 1.07. The van der Waals surface area contributed by atoms with Gasteiger partial charge in [0.1, 0.15) is 11.3 Å². The summed E-state index contributed by atoms with van der Waals surface area (Å²) in [5.74, 6) is 0.0454. The number of benzene rings is 2. The van der Waals surface area contributed by atoms with E-state index >= 15 is 0 Å². The number of rotatable bonds is 10. The zero-order valence-corrected chi connectivity index (χ0v) is 18.2. The summed E-state index contributed by atoms with van der Waals surface area (Å²) in [6.07, 6.45) is 3.48. The maximum absolute atomic E-state index is 12.9. The molecule has 0 spiro atoms. The second-order valence-electron chi connectivity index (χ2n) is 7.50. The van der Waals surface area contributed by atoms with Gasteiger partial charge in [-0.3, -0.25) is 14.9 Å². The van der Waals surface area contributed by atoms with Crippen LogP contribution in [0.5, 0.6) is 5.75 Å². The maximum atomic E-state index is 12.9. The van der Waals surface area contributed by atoms with Crippen LogP contribution < -0.4 is 15.5 Å². The van der Waals surface area contributed by atoms with E-state index in [9.17, 15) is 14.7 Å². The summed E-state index contributed by atoms with van der Waals surface area (Å²) in [5.41, 5.74) is 2.54. The number of fused-ring (bicyclic) bond motifs is 1.